The van der Waals surface area contributed by atoms with Gasteiger partial charge in [-0.3, -0.25) is 9.36 Å². The molecule has 164 valence electrons. The molecule has 1 aliphatic heterocycles. The van der Waals surface area contributed by atoms with Crippen molar-refractivity contribution in [2.75, 3.05) is 31.5 Å². The number of hydrogen-bond donors (Lipinski definition) is 3. The molecule has 2 heterocycles. The maximum Gasteiger partial charge on any atom is 0.261 e. The van der Waals surface area contributed by atoms with Gasteiger partial charge in [0.1, 0.15) is 5.82 Å². The van der Waals surface area contributed by atoms with Gasteiger partial charge in [0.05, 0.1) is 30.5 Å². The van der Waals surface area contributed by atoms with Crippen molar-refractivity contribution < 1.29 is 4.90 Å². The second-order valence-electron chi connectivity index (χ2n) is 8.22. The van der Waals surface area contributed by atoms with Crippen LogP contribution in [0.2, 0.25) is 0 Å². The van der Waals surface area contributed by atoms with E-state index in [4.69, 9.17) is 17.2 Å². The predicted molar refractivity (Wildman–Crippen MR) is 129 cm³/mol. The lowest BCUT2D eigenvalue weighted by Crippen LogP contribution is -3.11. The molecule has 0 fully saturated rings. The van der Waals surface area contributed by atoms with E-state index >= 15 is 0 Å². The maximum atomic E-state index is 13.0. The molecular formula is C23H36N5OS+. The van der Waals surface area contributed by atoms with Crippen LogP contribution in [0.3, 0.4) is 0 Å². The van der Waals surface area contributed by atoms with Crippen molar-refractivity contribution in [1.82, 2.24) is 14.9 Å². The molecule has 0 radical (unpaired) electrons. The Kier molecular flexibility index (Phi) is 8.63. The lowest BCUT2D eigenvalue weighted by atomic mass is 10.2. The number of nitrogens with one attached hydrogen (secondary N) is 3. The highest BCUT2D eigenvalue weighted by Gasteiger charge is 2.14. The minimum Gasteiger partial charge on any atom is -0.362 e. The third-order valence-corrected chi connectivity index (χ3v) is 6.20. The lowest BCUT2D eigenvalue weighted by Gasteiger charge is -2.18. The van der Waals surface area contributed by atoms with Crippen LogP contribution in [-0.2, 0) is 13.0 Å². The van der Waals surface area contributed by atoms with Crippen LogP contribution >= 0.6 is 12.2 Å². The highest BCUT2D eigenvalue weighted by Crippen LogP contribution is 2.18. The van der Waals surface area contributed by atoms with Crippen molar-refractivity contribution in [3.8, 4) is 0 Å². The number of nitrogens with zero attached hydrogens (tertiary/aromatic N) is 2. The molecule has 1 unspecified atom stereocenters. The van der Waals surface area contributed by atoms with Crippen LogP contribution in [0.1, 0.15) is 58.2 Å². The zero-order valence-corrected chi connectivity index (χ0v) is 19.2. The fraction of sp³-hybridized carbons (Fsp3) is 0.609. The third-order valence-electron chi connectivity index (χ3n) is 5.95. The Bertz CT molecular complexity index is 910. The molecule has 1 aromatic heterocycles. The van der Waals surface area contributed by atoms with Crippen molar-refractivity contribution in [2.24, 2.45) is 0 Å². The van der Waals surface area contributed by atoms with Crippen LogP contribution in [-0.4, -0.2) is 40.8 Å². The second kappa shape index (κ2) is 11.4. The molecule has 3 N–H and O–H groups in total. The van der Waals surface area contributed by atoms with Gasteiger partial charge in [0.25, 0.3) is 5.56 Å². The Hall–Kier alpha value is -1.99. The molecule has 2 aromatic rings. The normalized spacial score (nSPS) is 14.7. The van der Waals surface area contributed by atoms with Crippen molar-refractivity contribution >= 4 is 33.9 Å². The van der Waals surface area contributed by atoms with E-state index in [1.54, 1.807) is 4.90 Å². The van der Waals surface area contributed by atoms with Gasteiger partial charge >= 0.3 is 0 Å². The van der Waals surface area contributed by atoms with Gasteiger partial charge in [0.2, 0.25) is 0 Å². The number of thiocarbonyl (C=S) groups is 1. The summed E-state index contributed by atoms with van der Waals surface area (Å²) in [4.78, 5) is 19.4. The average molecular weight is 431 g/mol. The van der Waals surface area contributed by atoms with Gasteiger partial charge in [-0.15, -0.1) is 0 Å². The van der Waals surface area contributed by atoms with Crippen LogP contribution < -0.4 is 21.1 Å². The van der Waals surface area contributed by atoms with Crippen LogP contribution in [0.15, 0.2) is 23.0 Å². The summed E-state index contributed by atoms with van der Waals surface area (Å²) in [6.45, 7) is 9.70. The topological polar surface area (TPSA) is 63.4 Å². The summed E-state index contributed by atoms with van der Waals surface area (Å²) in [7, 11) is 0. The van der Waals surface area contributed by atoms with Crippen LogP contribution in [0.25, 0.3) is 10.9 Å². The minimum absolute atomic E-state index is 0.0640. The molecule has 0 amide bonds. The quantitative estimate of drug-likeness (QED) is 0.421. The highest BCUT2D eigenvalue weighted by molar-refractivity contribution is 7.80. The number of aryl methyl sites for hydroxylation is 1. The Morgan fingerprint density at radius 3 is 2.83 bits per heavy atom. The zero-order chi connectivity index (χ0) is 21.3. The fourth-order valence-corrected chi connectivity index (χ4v) is 4.34. The maximum absolute atomic E-state index is 13.0. The Morgan fingerprint density at radius 1 is 1.20 bits per heavy atom. The van der Waals surface area contributed by atoms with Gasteiger partial charge in [0, 0.05) is 31.6 Å². The van der Waals surface area contributed by atoms with Gasteiger partial charge in [-0.2, -0.15) is 0 Å². The molecule has 0 saturated carbocycles. The largest absolute Gasteiger partial charge is 0.362 e. The smallest absolute Gasteiger partial charge is 0.261 e. The Morgan fingerprint density at radius 2 is 2.03 bits per heavy atom. The van der Waals surface area contributed by atoms with E-state index in [1.807, 2.05) is 22.8 Å². The summed E-state index contributed by atoms with van der Waals surface area (Å²) in [6.07, 6.45) is 7.82. The summed E-state index contributed by atoms with van der Waals surface area (Å²) in [5.74, 6) is 0.921. The monoisotopic (exact) mass is 430 g/mol. The molecular weight excluding hydrogens is 394 g/mol. The molecule has 0 saturated heterocycles. The SMILES string of the molecule is CCCC[NH+](CC)CCCNC(=S)Nc1ccc2nc3n(c(=O)c2c1)CCCCC3. The highest BCUT2D eigenvalue weighted by atomic mass is 32.1. The summed E-state index contributed by atoms with van der Waals surface area (Å²) >= 11 is 5.46. The van der Waals surface area contributed by atoms with Crippen molar-refractivity contribution in [2.45, 2.75) is 65.3 Å². The first kappa shape index (κ1) is 22.7. The first-order valence-electron chi connectivity index (χ1n) is 11.5. The standard InChI is InChI=1S/C23H35N5OS/c1-3-5-14-27(4-2)15-9-13-24-23(30)25-18-11-12-20-19(17-18)22(29)28-16-8-6-7-10-21(28)26-20/h11-12,17H,3-10,13-16H2,1-2H3,(H2,24,25,30)/p+1. The van der Waals surface area contributed by atoms with Gasteiger partial charge in [-0.1, -0.05) is 19.8 Å². The van der Waals surface area contributed by atoms with E-state index in [2.05, 4.69) is 24.5 Å². The van der Waals surface area contributed by atoms with Crippen molar-refractivity contribution in [3.63, 3.8) is 0 Å². The van der Waals surface area contributed by atoms with E-state index < -0.39 is 0 Å². The number of hydrogen-bond acceptors (Lipinski definition) is 3. The van der Waals surface area contributed by atoms with Crippen LogP contribution in [0, 0.1) is 0 Å². The molecule has 0 aliphatic carbocycles. The van der Waals surface area contributed by atoms with Gasteiger partial charge < -0.3 is 15.5 Å². The van der Waals surface area contributed by atoms with E-state index in [1.165, 1.54) is 25.9 Å². The average Bonchev–Trinajstić information content (AvgIpc) is 2.99. The van der Waals surface area contributed by atoms with Crippen LogP contribution in [0.5, 0.6) is 0 Å². The number of rotatable bonds is 9. The Labute approximate surface area is 185 Å². The summed E-state index contributed by atoms with van der Waals surface area (Å²) in [5.41, 5.74) is 1.67. The molecule has 3 rings (SSSR count). The molecule has 7 heteroatoms. The molecule has 6 nitrogen and oxygen atoms in total. The number of aromatic nitrogens is 2. The second-order valence-corrected chi connectivity index (χ2v) is 8.63. The lowest BCUT2D eigenvalue weighted by molar-refractivity contribution is -0.898. The third kappa shape index (κ3) is 6.01. The first-order valence-corrected chi connectivity index (χ1v) is 11.9. The number of anilines is 1. The predicted octanol–water partition coefficient (Wildman–Crippen LogP) is 2.50. The van der Waals surface area contributed by atoms with Gasteiger partial charge in [-0.05, 0) is 56.6 Å². The van der Waals surface area contributed by atoms with Gasteiger partial charge in [-0.25, -0.2) is 4.98 Å². The molecule has 0 spiro atoms. The number of quaternary nitrogens is 1. The molecule has 1 atom stereocenters. The van der Waals surface area contributed by atoms with Crippen molar-refractivity contribution in [3.05, 3.63) is 34.4 Å². The number of unbranched alkanes of at least 4 members (excludes halogenated alkanes) is 1. The summed E-state index contributed by atoms with van der Waals surface area (Å²) < 4.78 is 1.86. The first-order chi connectivity index (χ1) is 14.6. The molecule has 30 heavy (non-hydrogen) atoms. The molecule has 1 aliphatic rings. The van der Waals surface area contributed by atoms with E-state index in [9.17, 15) is 4.79 Å². The van der Waals surface area contributed by atoms with E-state index in [0.717, 1.165) is 68.8 Å². The van der Waals surface area contributed by atoms with Crippen molar-refractivity contribution in [1.29, 1.82) is 0 Å². The number of fused-ring (bicyclic) bond motifs is 2. The molecule has 1 aromatic carbocycles. The van der Waals surface area contributed by atoms with E-state index in [0.29, 0.717) is 10.5 Å². The minimum atomic E-state index is 0.0640. The van der Waals surface area contributed by atoms with Gasteiger partial charge in [0.15, 0.2) is 5.11 Å². The van der Waals surface area contributed by atoms with E-state index in [-0.39, 0.29) is 5.56 Å². The number of benzene rings is 1. The molecule has 0 bridgehead atoms. The van der Waals surface area contributed by atoms with Crippen LogP contribution in [0.4, 0.5) is 5.69 Å². The zero-order valence-electron chi connectivity index (χ0n) is 18.4. The Balaban J connectivity index is 1.57. The fourth-order valence-electron chi connectivity index (χ4n) is 4.12. The summed E-state index contributed by atoms with van der Waals surface area (Å²) in [5, 5.41) is 7.78. The summed E-state index contributed by atoms with van der Waals surface area (Å²) in [6, 6.07) is 5.75.